The van der Waals surface area contributed by atoms with E-state index in [1.165, 1.54) is 25.1 Å². The van der Waals surface area contributed by atoms with E-state index in [2.05, 4.69) is 5.32 Å². The maximum absolute atomic E-state index is 13.9. The number of piperazine rings is 1. The SMILES string of the molecule is C[C@@H]1CN(C(=O)C(=O)NC(/C=C(\C=N)C2CC2)=C/N)[C@@H](c2ccc(F)c(Cl)c2)CN1C(=O)C1(C(F)(F)F)CC1. The number of hydrogen-bond acceptors (Lipinski definition) is 5. The van der Waals surface area contributed by atoms with Gasteiger partial charge in [-0.3, -0.25) is 14.4 Å². The second kappa shape index (κ2) is 10.6. The smallest absolute Gasteiger partial charge is 0.403 e. The van der Waals surface area contributed by atoms with Gasteiger partial charge in [0.05, 0.1) is 16.8 Å². The Balaban J connectivity index is 1.61. The van der Waals surface area contributed by atoms with E-state index >= 15 is 0 Å². The van der Waals surface area contributed by atoms with Gasteiger partial charge in [-0.1, -0.05) is 17.7 Å². The minimum absolute atomic E-state index is 0.0999. The van der Waals surface area contributed by atoms with E-state index in [-0.39, 0.29) is 48.1 Å². The van der Waals surface area contributed by atoms with Crippen LogP contribution in [0.3, 0.4) is 0 Å². The number of rotatable bonds is 6. The molecular formula is C26H28ClF4N5O3. The van der Waals surface area contributed by atoms with Crippen LogP contribution in [0.15, 0.2) is 41.7 Å². The molecular weight excluding hydrogens is 542 g/mol. The van der Waals surface area contributed by atoms with Gasteiger partial charge in [0.1, 0.15) is 11.2 Å². The van der Waals surface area contributed by atoms with Crippen molar-refractivity contribution in [1.82, 2.24) is 15.1 Å². The standard InChI is InChI=1S/C26H28ClF4N5O3/c1-14-12-36(23(38)22(37)34-18(11-33)8-17(10-32)15-2-3-15)21(16-4-5-20(28)19(27)9-16)13-35(14)24(39)25(6-7-25)26(29,30)31/h4-5,8-11,14-15,21,32H,2-3,6-7,12-13,33H2,1H3,(H,34,37)/b17-8+,18-11+,32-10?/t14-,21-/m1/s1. The van der Waals surface area contributed by atoms with Crippen molar-refractivity contribution in [2.45, 2.75) is 50.9 Å². The van der Waals surface area contributed by atoms with Crippen LogP contribution in [-0.4, -0.2) is 59.0 Å². The van der Waals surface area contributed by atoms with Gasteiger partial charge in [-0.25, -0.2) is 4.39 Å². The molecule has 0 bridgehead atoms. The summed E-state index contributed by atoms with van der Waals surface area (Å²) in [5.41, 5.74) is 4.14. The normalized spacial score (nSPS) is 23.3. The third kappa shape index (κ3) is 5.66. The van der Waals surface area contributed by atoms with Crippen molar-refractivity contribution in [3.05, 3.63) is 58.1 Å². The molecule has 0 aromatic heterocycles. The number of nitrogens with two attached hydrogens (primary N) is 1. The van der Waals surface area contributed by atoms with E-state index < -0.39 is 47.2 Å². The lowest BCUT2D eigenvalue weighted by molar-refractivity contribution is -0.201. The summed E-state index contributed by atoms with van der Waals surface area (Å²) in [6.07, 6.45) is 0.148. The Morgan fingerprint density at radius 3 is 2.36 bits per heavy atom. The molecule has 1 aromatic rings. The number of hydrogen-bond donors (Lipinski definition) is 3. The van der Waals surface area contributed by atoms with Crippen molar-refractivity contribution in [2.24, 2.45) is 17.1 Å². The molecule has 3 aliphatic rings. The van der Waals surface area contributed by atoms with E-state index in [0.29, 0.717) is 5.57 Å². The van der Waals surface area contributed by atoms with Crippen molar-refractivity contribution in [2.75, 3.05) is 13.1 Å². The molecule has 3 amide bonds. The largest absolute Gasteiger partial charge is 0.403 e. The van der Waals surface area contributed by atoms with Crippen LogP contribution >= 0.6 is 11.6 Å². The number of alkyl halides is 3. The summed E-state index contributed by atoms with van der Waals surface area (Å²) in [5.74, 6) is -3.75. The van der Waals surface area contributed by atoms with Crippen molar-refractivity contribution in [3.8, 4) is 0 Å². The van der Waals surface area contributed by atoms with Crippen LogP contribution in [0.2, 0.25) is 5.02 Å². The highest BCUT2D eigenvalue weighted by Gasteiger charge is 2.70. The van der Waals surface area contributed by atoms with Crippen LogP contribution < -0.4 is 11.1 Å². The molecule has 0 radical (unpaired) electrons. The Hall–Kier alpha value is -3.41. The third-order valence-electron chi connectivity index (χ3n) is 7.46. The van der Waals surface area contributed by atoms with Gasteiger partial charge in [-0.15, -0.1) is 0 Å². The quantitative estimate of drug-likeness (QED) is 0.209. The number of benzene rings is 1. The first-order chi connectivity index (χ1) is 18.3. The summed E-state index contributed by atoms with van der Waals surface area (Å²) in [7, 11) is 0. The van der Waals surface area contributed by atoms with Gasteiger partial charge < -0.3 is 26.3 Å². The topological polar surface area (TPSA) is 120 Å². The third-order valence-corrected chi connectivity index (χ3v) is 7.75. The minimum Gasteiger partial charge on any atom is -0.403 e. The summed E-state index contributed by atoms with van der Waals surface area (Å²) in [6, 6.07) is 1.65. The lowest BCUT2D eigenvalue weighted by Crippen LogP contribution is -2.61. The predicted octanol–water partition coefficient (Wildman–Crippen LogP) is 3.82. The summed E-state index contributed by atoms with van der Waals surface area (Å²) in [6.45, 7) is 0.894. The predicted molar refractivity (Wildman–Crippen MR) is 135 cm³/mol. The molecule has 4 N–H and O–H groups in total. The zero-order valence-electron chi connectivity index (χ0n) is 21.0. The molecule has 1 heterocycles. The first-order valence-electron chi connectivity index (χ1n) is 12.4. The van der Waals surface area contributed by atoms with Crippen molar-refractivity contribution in [1.29, 1.82) is 5.41 Å². The van der Waals surface area contributed by atoms with E-state index in [9.17, 15) is 31.9 Å². The molecule has 39 heavy (non-hydrogen) atoms. The average Bonchev–Trinajstić information content (AvgIpc) is 3.80. The number of amides is 3. The van der Waals surface area contributed by atoms with Gasteiger partial charge in [0.15, 0.2) is 0 Å². The molecule has 2 aliphatic carbocycles. The molecule has 4 rings (SSSR count). The molecule has 2 atom stereocenters. The maximum atomic E-state index is 13.9. The van der Waals surface area contributed by atoms with Gasteiger partial charge in [-0.05, 0) is 67.9 Å². The summed E-state index contributed by atoms with van der Waals surface area (Å²) in [5, 5.41) is 9.69. The van der Waals surface area contributed by atoms with Gasteiger partial charge in [0, 0.05) is 31.5 Å². The minimum atomic E-state index is -4.72. The van der Waals surface area contributed by atoms with Gasteiger partial charge >= 0.3 is 18.0 Å². The lowest BCUT2D eigenvalue weighted by Gasteiger charge is -2.46. The molecule has 0 unspecified atom stereocenters. The average molecular weight is 570 g/mol. The van der Waals surface area contributed by atoms with Crippen LogP contribution in [0, 0.1) is 22.6 Å². The molecule has 1 aliphatic heterocycles. The number of carbonyl (C=O) groups excluding carboxylic acids is 3. The van der Waals surface area contributed by atoms with Crippen LogP contribution in [0.1, 0.15) is 44.2 Å². The Morgan fingerprint density at radius 2 is 1.85 bits per heavy atom. The number of nitrogens with one attached hydrogen (secondary N) is 2. The first kappa shape index (κ1) is 28.6. The molecule has 0 spiro atoms. The monoisotopic (exact) mass is 569 g/mol. The van der Waals surface area contributed by atoms with E-state index in [1.54, 1.807) is 0 Å². The van der Waals surface area contributed by atoms with Crippen LogP contribution in [0.5, 0.6) is 0 Å². The van der Waals surface area contributed by atoms with E-state index in [1.807, 2.05) is 0 Å². The fourth-order valence-electron chi connectivity index (χ4n) is 4.82. The second-order valence-electron chi connectivity index (χ2n) is 10.2. The Morgan fingerprint density at radius 1 is 1.18 bits per heavy atom. The number of nitrogens with zero attached hydrogens (tertiary/aromatic N) is 2. The summed E-state index contributed by atoms with van der Waals surface area (Å²) < 4.78 is 55.1. The molecule has 2 saturated carbocycles. The van der Waals surface area contributed by atoms with E-state index in [0.717, 1.165) is 41.1 Å². The van der Waals surface area contributed by atoms with Crippen molar-refractivity contribution in [3.63, 3.8) is 0 Å². The molecule has 13 heteroatoms. The van der Waals surface area contributed by atoms with Crippen LogP contribution in [-0.2, 0) is 14.4 Å². The summed E-state index contributed by atoms with van der Waals surface area (Å²) >= 11 is 5.94. The number of halogens is 5. The summed E-state index contributed by atoms with van der Waals surface area (Å²) in [4.78, 5) is 41.7. The van der Waals surface area contributed by atoms with Gasteiger partial charge in [0.2, 0.25) is 5.91 Å². The number of carbonyl (C=O) groups is 3. The molecule has 3 fully saturated rings. The molecule has 8 nitrogen and oxygen atoms in total. The van der Waals surface area contributed by atoms with Gasteiger partial charge in [-0.2, -0.15) is 13.2 Å². The van der Waals surface area contributed by atoms with Crippen LogP contribution in [0.4, 0.5) is 17.6 Å². The Labute approximate surface area is 227 Å². The number of allylic oxidation sites excluding steroid dienone is 2. The van der Waals surface area contributed by atoms with Crippen molar-refractivity contribution < 1.29 is 31.9 Å². The molecule has 1 saturated heterocycles. The van der Waals surface area contributed by atoms with Crippen molar-refractivity contribution >= 4 is 35.5 Å². The first-order valence-corrected chi connectivity index (χ1v) is 12.8. The highest BCUT2D eigenvalue weighted by Crippen LogP contribution is 2.59. The van der Waals surface area contributed by atoms with Crippen LogP contribution in [0.25, 0.3) is 0 Å². The molecule has 1 aromatic carbocycles. The second-order valence-corrected chi connectivity index (χ2v) is 10.6. The highest BCUT2D eigenvalue weighted by atomic mass is 35.5. The zero-order chi connectivity index (χ0) is 28.7. The Kier molecular flexibility index (Phi) is 7.79. The zero-order valence-corrected chi connectivity index (χ0v) is 21.8. The highest BCUT2D eigenvalue weighted by molar-refractivity contribution is 6.35. The van der Waals surface area contributed by atoms with Gasteiger partial charge in [0.25, 0.3) is 0 Å². The fourth-order valence-corrected chi connectivity index (χ4v) is 5.01. The molecule has 210 valence electrons. The lowest BCUT2D eigenvalue weighted by atomic mass is 9.96. The fraction of sp³-hybridized carbons (Fsp3) is 0.462. The van der Waals surface area contributed by atoms with E-state index in [4.69, 9.17) is 22.7 Å². The Bertz CT molecular complexity index is 1260. The maximum Gasteiger partial charge on any atom is 0.403 e.